The SMILES string of the molecule is CC1(C)CN(C(=O)c2ccncc2F)CCC1N. The third-order valence-corrected chi connectivity index (χ3v) is 3.60. The van der Waals surface area contributed by atoms with Crippen LogP contribution in [0.4, 0.5) is 4.39 Å². The molecular formula is C13H18FN3O. The van der Waals surface area contributed by atoms with Gasteiger partial charge in [0.05, 0.1) is 11.8 Å². The van der Waals surface area contributed by atoms with Crippen molar-refractivity contribution in [1.82, 2.24) is 9.88 Å². The van der Waals surface area contributed by atoms with Crippen LogP contribution >= 0.6 is 0 Å². The van der Waals surface area contributed by atoms with Crippen LogP contribution in [-0.4, -0.2) is 34.9 Å². The van der Waals surface area contributed by atoms with Crippen molar-refractivity contribution in [1.29, 1.82) is 0 Å². The lowest BCUT2D eigenvalue weighted by Crippen LogP contribution is -2.54. The van der Waals surface area contributed by atoms with Crippen molar-refractivity contribution < 1.29 is 9.18 Å². The fraction of sp³-hybridized carbons (Fsp3) is 0.538. The molecule has 0 aliphatic carbocycles. The zero-order valence-electron chi connectivity index (χ0n) is 10.7. The molecule has 1 aliphatic rings. The maximum atomic E-state index is 13.5. The Morgan fingerprint density at radius 1 is 1.61 bits per heavy atom. The molecule has 5 heteroatoms. The molecule has 0 aromatic carbocycles. The molecule has 1 atom stereocenters. The first kappa shape index (κ1) is 13.0. The van der Waals surface area contributed by atoms with Crippen molar-refractivity contribution in [2.75, 3.05) is 13.1 Å². The van der Waals surface area contributed by atoms with Gasteiger partial charge in [0.2, 0.25) is 0 Å². The van der Waals surface area contributed by atoms with Crippen LogP contribution in [-0.2, 0) is 0 Å². The number of nitrogens with zero attached hydrogens (tertiary/aromatic N) is 2. The van der Waals surface area contributed by atoms with Crippen molar-refractivity contribution >= 4 is 5.91 Å². The van der Waals surface area contributed by atoms with Gasteiger partial charge in [-0.1, -0.05) is 13.8 Å². The van der Waals surface area contributed by atoms with Gasteiger partial charge < -0.3 is 10.6 Å². The van der Waals surface area contributed by atoms with Gasteiger partial charge in [0.1, 0.15) is 0 Å². The summed E-state index contributed by atoms with van der Waals surface area (Å²) in [5.74, 6) is -0.856. The Labute approximate surface area is 106 Å². The van der Waals surface area contributed by atoms with Crippen LogP contribution < -0.4 is 5.73 Å². The van der Waals surface area contributed by atoms with Crippen molar-refractivity contribution in [3.05, 3.63) is 29.8 Å². The first-order chi connectivity index (χ1) is 8.42. The topological polar surface area (TPSA) is 59.2 Å². The molecule has 0 spiro atoms. The van der Waals surface area contributed by atoms with Crippen LogP contribution in [0.3, 0.4) is 0 Å². The van der Waals surface area contributed by atoms with Crippen LogP contribution in [0.15, 0.2) is 18.5 Å². The molecule has 1 aromatic heterocycles. The predicted molar refractivity (Wildman–Crippen MR) is 66.5 cm³/mol. The molecule has 1 saturated heterocycles. The minimum atomic E-state index is -0.574. The van der Waals surface area contributed by atoms with E-state index in [0.717, 1.165) is 12.6 Å². The molecule has 0 radical (unpaired) electrons. The van der Waals surface area contributed by atoms with Crippen molar-refractivity contribution in [2.45, 2.75) is 26.3 Å². The molecule has 1 amide bonds. The number of hydrogen-bond donors (Lipinski definition) is 1. The Morgan fingerprint density at radius 3 is 2.94 bits per heavy atom. The van der Waals surface area contributed by atoms with Crippen LogP contribution in [0.5, 0.6) is 0 Å². The van der Waals surface area contributed by atoms with Gasteiger partial charge in [-0.3, -0.25) is 9.78 Å². The van der Waals surface area contributed by atoms with Crippen LogP contribution in [0, 0.1) is 11.2 Å². The molecule has 1 fully saturated rings. The van der Waals surface area contributed by atoms with E-state index in [4.69, 9.17) is 5.73 Å². The van der Waals surface area contributed by atoms with E-state index >= 15 is 0 Å². The zero-order chi connectivity index (χ0) is 13.3. The first-order valence-corrected chi connectivity index (χ1v) is 6.06. The van der Waals surface area contributed by atoms with E-state index in [2.05, 4.69) is 4.98 Å². The molecule has 2 heterocycles. The summed E-state index contributed by atoms with van der Waals surface area (Å²) in [5.41, 5.74) is 5.96. The highest BCUT2D eigenvalue weighted by Crippen LogP contribution is 2.28. The average Bonchev–Trinajstić information content (AvgIpc) is 2.32. The maximum Gasteiger partial charge on any atom is 0.256 e. The number of aromatic nitrogens is 1. The summed E-state index contributed by atoms with van der Waals surface area (Å²) in [7, 11) is 0. The highest BCUT2D eigenvalue weighted by Gasteiger charge is 2.36. The van der Waals surface area contributed by atoms with Gasteiger partial charge in [0, 0.05) is 25.3 Å². The fourth-order valence-corrected chi connectivity index (χ4v) is 2.27. The summed E-state index contributed by atoms with van der Waals surface area (Å²) in [5, 5.41) is 0. The highest BCUT2D eigenvalue weighted by molar-refractivity contribution is 5.94. The largest absolute Gasteiger partial charge is 0.338 e. The summed E-state index contributed by atoms with van der Waals surface area (Å²) in [4.78, 5) is 17.5. The average molecular weight is 251 g/mol. The molecule has 1 aromatic rings. The lowest BCUT2D eigenvalue weighted by atomic mass is 9.79. The van der Waals surface area contributed by atoms with Gasteiger partial charge in [0.25, 0.3) is 5.91 Å². The lowest BCUT2D eigenvalue weighted by Gasteiger charge is -2.42. The summed E-state index contributed by atoms with van der Waals surface area (Å²) in [6.07, 6.45) is 3.23. The Bertz CT molecular complexity index is 461. The Kier molecular flexibility index (Phi) is 3.34. The predicted octanol–water partition coefficient (Wildman–Crippen LogP) is 1.42. The second kappa shape index (κ2) is 4.65. The van der Waals surface area contributed by atoms with E-state index in [-0.39, 0.29) is 22.9 Å². The van der Waals surface area contributed by atoms with E-state index in [0.29, 0.717) is 13.1 Å². The summed E-state index contributed by atoms with van der Waals surface area (Å²) < 4.78 is 13.5. The second-order valence-corrected chi connectivity index (χ2v) is 5.47. The van der Waals surface area contributed by atoms with Crippen molar-refractivity contribution in [2.24, 2.45) is 11.1 Å². The van der Waals surface area contributed by atoms with Gasteiger partial charge >= 0.3 is 0 Å². The monoisotopic (exact) mass is 251 g/mol. The molecule has 0 saturated carbocycles. The number of amides is 1. The van der Waals surface area contributed by atoms with E-state index in [1.54, 1.807) is 4.90 Å². The van der Waals surface area contributed by atoms with E-state index in [1.807, 2.05) is 13.8 Å². The molecule has 98 valence electrons. The number of pyridine rings is 1. The normalized spacial score (nSPS) is 22.9. The number of rotatable bonds is 1. The third-order valence-electron chi connectivity index (χ3n) is 3.60. The summed E-state index contributed by atoms with van der Waals surface area (Å²) in [6.45, 7) is 5.18. The van der Waals surface area contributed by atoms with Gasteiger partial charge in [-0.25, -0.2) is 4.39 Å². The Hall–Kier alpha value is -1.49. The van der Waals surface area contributed by atoms with Crippen LogP contribution in [0.1, 0.15) is 30.6 Å². The van der Waals surface area contributed by atoms with E-state index < -0.39 is 5.82 Å². The Morgan fingerprint density at radius 2 is 2.33 bits per heavy atom. The number of hydrogen-bond acceptors (Lipinski definition) is 3. The smallest absolute Gasteiger partial charge is 0.256 e. The van der Waals surface area contributed by atoms with Gasteiger partial charge in [0.15, 0.2) is 5.82 Å². The molecule has 4 nitrogen and oxygen atoms in total. The first-order valence-electron chi connectivity index (χ1n) is 6.06. The minimum absolute atomic E-state index is 0.0730. The number of halogens is 1. The Balaban J connectivity index is 2.18. The molecule has 2 rings (SSSR count). The highest BCUT2D eigenvalue weighted by atomic mass is 19.1. The molecular weight excluding hydrogens is 233 g/mol. The number of piperidine rings is 1. The van der Waals surface area contributed by atoms with Crippen LogP contribution in [0.2, 0.25) is 0 Å². The standard InChI is InChI=1S/C13H18FN3O/c1-13(2)8-17(6-4-11(13)15)12(18)9-3-5-16-7-10(9)14/h3,5,7,11H,4,6,8,15H2,1-2H3. The molecule has 2 N–H and O–H groups in total. The van der Waals surface area contributed by atoms with Crippen LogP contribution in [0.25, 0.3) is 0 Å². The molecule has 18 heavy (non-hydrogen) atoms. The van der Waals surface area contributed by atoms with E-state index in [1.165, 1.54) is 12.3 Å². The maximum absolute atomic E-state index is 13.5. The molecule has 1 aliphatic heterocycles. The fourth-order valence-electron chi connectivity index (χ4n) is 2.27. The van der Waals surface area contributed by atoms with Gasteiger partial charge in [-0.15, -0.1) is 0 Å². The molecule has 1 unspecified atom stereocenters. The second-order valence-electron chi connectivity index (χ2n) is 5.47. The van der Waals surface area contributed by atoms with E-state index in [9.17, 15) is 9.18 Å². The quantitative estimate of drug-likeness (QED) is 0.821. The number of carbonyl (C=O) groups excluding carboxylic acids is 1. The number of nitrogens with two attached hydrogens (primary N) is 1. The zero-order valence-corrected chi connectivity index (χ0v) is 10.7. The van der Waals surface area contributed by atoms with Crippen molar-refractivity contribution in [3.8, 4) is 0 Å². The number of likely N-dealkylation sites (tertiary alicyclic amines) is 1. The minimum Gasteiger partial charge on any atom is -0.338 e. The van der Waals surface area contributed by atoms with Gasteiger partial charge in [-0.05, 0) is 17.9 Å². The van der Waals surface area contributed by atoms with Crippen molar-refractivity contribution in [3.63, 3.8) is 0 Å². The number of carbonyl (C=O) groups is 1. The third kappa shape index (κ3) is 2.36. The molecule has 0 bridgehead atoms. The summed E-state index contributed by atoms with van der Waals surface area (Å²) >= 11 is 0. The lowest BCUT2D eigenvalue weighted by molar-refractivity contribution is 0.0528. The summed E-state index contributed by atoms with van der Waals surface area (Å²) in [6, 6.07) is 1.49. The van der Waals surface area contributed by atoms with Gasteiger partial charge in [-0.2, -0.15) is 0 Å².